The molecule has 2 rings (SSSR count). The second-order valence-corrected chi connectivity index (χ2v) is 4.02. The molecule has 16 heavy (non-hydrogen) atoms. The average molecular weight is 216 g/mol. The fourth-order valence-electron chi connectivity index (χ4n) is 2.00. The van der Waals surface area contributed by atoms with E-state index in [4.69, 9.17) is 5.26 Å². The molecule has 1 saturated heterocycles. The molecule has 0 spiro atoms. The second-order valence-electron chi connectivity index (χ2n) is 4.02. The van der Waals surface area contributed by atoms with Gasteiger partial charge in [-0.3, -0.25) is 0 Å². The molecule has 0 aromatic carbocycles. The topological polar surface area (TPSA) is 60.7 Å². The Morgan fingerprint density at radius 1 is 1.62 bits per heavy atom. The van der Waals surface area contributed by atoms with Crippen LogP contribution in [0.15, 0.2) is 18.3 Å². The predicted octanol–water partition coefficient (Wildman–Crippen LogP) is 1.51. The van der Waals surface area contributed by atoms with Crippen LogP contribution in [0.5, 0.6) is 0 Å². The van der Waals surface area contributed by atoms with E-state index in [1.54, 1.807) is 18.3 Å². The molecule has 84 valence electrons. The number of anilines is 1. The zero-order valence-corrected chi connectivity index (χ0v) is 9.24. The zero-order chi connectivity index (χ0) is 11.2. The van der Waals surface area contributed by atoms with E-state index in [1.807, 2.05) is 0 Å². The van der Waals surface area contributed by atoms with Crippen molar-refractivity contribution in [1.82, 2.24) is 10.3 Å². The number of pyridine rings is 1. The first-order valence-electron chi connectivity index (χ1n) is 5.72. The van der Waals surface area contributed by atoms with E-state index in [2.05, 4.69) is 21.7 Å². The van der Waals surface area contributed by atoms with E-state index in [-0.39, 0.29) is 0 Å². The standard InChI is InChI=1S/C12H16N4/c13-9-10-3-1-7-15-12(10)16-8-5-11-4-2-6-14-11/h1,3,7,11,14H,2,4-6,8H2,(H,15,16)/t11-/m1/s1. The lowest BCUT2D eigenvalue weighted by atomic mass is 10.1. The normalized spacial score (nSPS) is 19.3. The molecule has 2 heterocycles. The third-order valence-corrected chi connectivity index (χ3v) is 2.88. The van der Waals surface area contributed by atoms with Crippen molar-refractivity contribution in [2.24, 2.45) is 0 Å². The smallest absolute Gasteiger partial charge is 0.143 e. The maximum absolute atomic E-state index is 8.89. The molecule has 0 unspecified atom stereocenters. The van der Waals surface area contributed by atoms with Crippen molar-refractivity contribution < 1.29 is 0 Å². The lowest BCUT2D eigenvalue weighted by Crippen LogP contribution is -2.24. The van der Waals surface area contributed by atoms with E-state index >= 15 is 0 Å². The van der Waals surface area contributed by atoms with Crippen LogP contribution >= 0.6 is 0 Å². The summed E-state index contributed by atoms with van der Waals surface area (Å²) in [6, 6.07) is 6.32. The van der Waals surface area contributed by atoms with Gasteiger partial charge in [0.05, 0.1) is 5.56 Å². The number of hydrogen-bond donors (Lipinski definition) is 2. The van der Waals surface area contributed by atoms with Crippen molar-refractivity contribution in [2.75, 3.05) is 18.4 Å². The van der Waals surface area contributed by atoms with Crippen LogP contribution in [0.4, 0.5) is 5.82 Å². The van der Waals surface area contributed by atoms with Gasteiger partial charge >= 0.3 is 0 Å². The highest BCUT2D eigenvalue weighted by atomic mass is 15.0. The van der Waals surface area contributed by atoms with E-state index < -0.39 is 0 Å². The van der Waals surface area contributed by atoms with Crippen molar-refractivity contribution >= 4 is 5.82 Å². The van der Waals surface area contributed by atoms with Gasteiger partial charge < -0.3 is 10.6 Å². The van der Waals surface area contributed by atoms with Crippen molar-refractivity contribution in [1.29, 1.82) is 5.26 Å². The van der Waals surface area contributed by atoms with Gasteiger partial charge in [0.2, 0.25) is 0 Å². The van der Waals surface area contributed by atoms with Crippen LogP contribution in [0.25, 0.3) is 0 Å². The molecule has 0 radical (unpaired) electrons. The van der Waals surface area contributed by atoms with Crippen LogP contribution in [0.1, 0.15) is 24.8 Å². The molecule has 1 fully saturated rings. The lowest BCUT2D eigenvalue weighted by molar-refractivity contribution is 0.574. The average Bonchev–Trinajstić information content (AvgIpc) is 2.83. The molecule has 0 bridgehead atoms. The molecule has 1 aromatic rings. The van der Waals surface area contributed by atoms with Crippen molar-refractivity contribution in [3.8, 4) is 6.07 Å². The van der Waals surface area contributed by atoms with Crippen LogP contribution in [-0.2, 0) is 0 Å². The van der Waals surface area contributed by atoms with Crippen LogP contribution in [0.3, 0.4) is 0 Å². The highest BCUT2D eigenvalue weighted by Gasteiger charge is 2.13. The fraction of sp³-hybridized carbons (Fsp3) is 0.500. The molecule has 1 aromatic heterocycles. The zero-order valence-electron chi connectivity index (χ0n) is 9.24. The van der Waals surface area contributed by atoms with Gasteiger partial charge in [-0.15, -0.1) is 0 Å². The number of nitriles is 1. The molecule has 0 amide bonds. The predicted molar refractivity (Wildman–Crippen MR) is 63.1 cm³/mol. The molecule has 4 heteroatoms. The minimum absolute atomic E-state index is 0.613. The summed E-state index contributed by atoms with van der Waals surface area (Å²) in [5.41, 5.74) is 0.613. The Labute approximate surface area is 95.7 Å². The summed E-state index contributed by atoms with van der Waals surface area (Å²) < 4.78 is 0. The van der Waals surface area contributed by atoms with E-state index in [1.165, 1.54) is 12.8 Å². The minimum atomic E-state index is 0.613. The van der Waals surface area contributed by atoms with Gasteiger partial charge in [0.25, 0.3) is 0 Å². The molecule has 0 saturated carbocycles. The summed E-state index contributed by atoms with van der Waals surface area (Å²) in [6.45, 7) is 2.00. The summed E-state index contributed by atoms with van der Waals surface area (Å²) in [7, 11) is 0. The molecule has 2 N–H and O–H groups in total. The first-order valence-corrected chi connectivity index (χ1v) is 5.72. The monoisotopic (exact) mass is 216 g/mol. The Morgan fingerprint density at radius 2 is 2.56 bits per heavy atom. The highest BCUT2D eigenvalue weighted by molar-refractivity contribution is 5.51. The van der Waals surface area contributed by atoms with E-state index in [0.717, 1.165) is 19.5 Å². The second kappa shape index (κ2) is 5.47. The van der Waals surface area contributed by atoms with Gasteiger partial charge in [0.1, 0.15) is 11.9 Å². The Hall–Kier alpha value is -1.60. The van der Waals surface area contributed by atoms with Gasteiger partial charge in [0.15, 0.2) is 0 Å². The molecule has 1 aliphatic heterocycles. The maximum atomic E-state index is 8.89. The minimum Gasteiger partial charge on any atom is -0.369 e. The first-order chi connectivity index (χ1) is 7.90. The van der Waals surface area contributed by atoms with Crippen molar-refractivity contribution in [3.63, 3.8) is 0 Å². The van der Waals surface area contributed by atoms with E-state index in [0.29, 0.717) is 17.4 Å². The van der Waals surface area contributed by atoms with E-state index in [9.17, 15) is 0 Å². The van der Waals surface area contributed by atoms with Gasteiger partial charge in [-0.05, 0) is 37.9 Å². The Bertz CT molecular complexity index is 377. The van der Waals surface area contributed by atoms with Crippen LogP contribution < -0.4 is 10.6 Å². The maximum Gasteiger partial charge on any atom is 0.143 e. The van der Waals surface area contributed by atoms with Gasteiger partial charge in [-0.25, -0.2) is 4.98 Å². The van der Waals surface area contributed by atoms with Gasteiger partial charge in [-0.1, -0.05) is 0 Å². The molecule has 1 aliphatic rings. The van der Waals surface area contributed by atoms with Crippen molar-refractivity contribution in [3.05, 3.63) is 23.9 Å². The van der Waals surface area contributed by atoms with Gasteiger partial charge in [0, 0.05) is 18.8 Å². The number of hydrogen-bond acceptors (Lipinski definition) is 4. The molecular weight excluding hydrogens is 200 g/mol. The number of aromatic nitrogens is 1. The number of nitrogens with one attached hydrogen (secondary N) is 2. The summed E-state index contributed by atoms with van der Waals surface area (Å²) >= 11 is 0. The van der Waals surface area contributed by atoms with Crippen LogP contribution in [-0.4, -0.2) is 24.1 Å². The lowest BCUT2D eigenvalue weighted by Gasteiger charge is -2.11. The quantitative estimate of drug-likeness (QED) is 0.801. The third-order valence-electron chi connectivity index (χ3n) is 2.88. The summed E-state index contributed by atoms with van der Waals surface area (Å²) in [4.78, 5) is 4.16. The SMILES string of the molecule is N#Cc1cccnc1NCC[C@H]1CCCN1. The Morgan fingerprint density at radius 3 is 3.31 bits per heavy atom. The largest absolute Gasteiger partial charge is 0.369 e. The first kappa shape index (κ1) is 10.9. The highest BCUT2D eigenvalue weighted by Crippen LogP contribution is 2.12. The summed E-state index contributed by atoms with van der Waals surface area (Å²) in [5.74, 6) is 0.697. The molecular formula is C12H16N4. The van der Waals surface area contributed by atoms with Crippen LogP contribution in [0.2, 0.25) is 0 Å². The Kier molecular flexibility index (Phi) is 3.73. The molecule has 1 atom stereocenters. The molecule has 4 nitrogen and oxygen atoms in total. The summed E-state index contributed by atoms with van der Waals surface area (Å²) in [6.07, 6.45) is 5.32. The number of rotatable bonds is 4. The summed E-state index contributed by atoms with van der Waals surface area (Å²) in [5, 5.41) is 15.6. The number of nitrogens with zero attached hydrogens (tertiary/aromatic N) is 2. The molecule has 0 aliphatic carbocycles. The fourth-order valence-corrected chi connectivity index (χ4v) is 2.00. The van der Waals surface area contributed by atoms with Crippen molar-refractivity contribution in [2.45, 2.75) is 25.3 Å². The third kappa shape index (κ3) is 2.71. The Balaban J connectivity index is 1.82. The van der Waals surface area contributed by atoms with Crippen LogP contribution in [0, 0.1) is 11.3 Å². The van der Waals surface area contributed by atoms with Gasteiger partial charge in [-0.2, -0.15) is 5.26 Å².